The quantitative estimate of drug-likeness (QED) is 0.720. The van der Waals surface area contributed by atoms with E-state index in [1.165, 1.54) is 11.0 Å². The minimum Gasteiger partial charge on any atom is -0.507 e. The van der Waals surface area contributed by atoms with Crippen molar-refractivity contribution < 1.29 is 19.8 Å². The van der Waals surface area contributed by atoms with Gasteiger partial charge in [0.05, 0.1) is 10.6 Å². The van der Waals surface area contributed by atoms with Crippen LogP contribution < -0.4 is 5.32 Å². The van der Waals surface area contributed by atoms with E-state index >= 15 is 0 Å². The van der Waals surface area contributed by atoms with Crippen LogP contribution in [0.4, 0.5) is 0 Å². The summed E-state index contributed by atoms with van der Waals surface area (Å²) in [4.78, 5) is 27.0. The summed E-state index contributed by atoms with van der Waals surface area (Å²) in [6, 6.07) is 8.65. The van der Waals surface area contributed by atoms with Crippen molar-refractivity contribution >= 4 is 23.4 Å². The highest BCUT2D eigenvalue weighted by molar-refractivity contribution is 6.32. The molecule has 0 saturated heterocycles. The molecule has 0 spiro atoms. The Bertz CT molecular complexity index is 897. The molecule has 26 heavy (non-hydrogen) atoms. The summed E-state index contributed by atoms with van der Waals surface area (Å²) in [5, 5.41) is 22.3. The summed E-state index contributed by atoms with van der Waals surface area (Å²) in [5.74, 6) is -1.63. The topological polar surface area (TPSA) is 89.9 Å². The number of fused-ring (bicyclic) bond motifs is 1. The second-order valence-corrected chi connectivity index (χ2v) is 6.30. The number of benzene rings is 2. The predicted octanol–water partition coefficient (Wildman–Crippen LogP) is 2.75. The van der Waals surface area contributed by atoms with Crippen LogP contribution in [0.5, 0.6) is 11.5 Å². The molecule has 7 heteroatoms. The molecule has 1 aliphatic heterocycles. The van der Waals surface area contributed by atoms with Gasteiger partial charge in [-0.2, -0.15) is 0 Å². The highest BCUT2D eigenvalue weighted by Crippen LogP contribution is 2.38. The number of carbonyl (C=O) groups excluding carboxylic acids is 2. The van der Waals surface area contributed by atoms with Gasteiger partial charge in [-0.05, 0) is 17.2 Å². The Morgan fingerprint density at radius 2 is 2.00 bits per heavy atom. The number of nitrogens with one attached hydrogen (secondary N) is 1. The van der Waals surface area contributed by atoms with Crippen molar-refractivity contribution in [1.82, 2.24) is 10.2 Å². The minimum atomic E-state index is -0.828. The van der Waals surface area contributed by atoms with Gasteiger partial charge < -0.3 is 20.4 Å². The van der Waals surface area contributed by atoms with E-state index in [1.807, 2.05) is 12.1 Å². The van der Waals surface area contributed by atoms with Crippen LogP contribution in [0.15, 0.2) is 49.1 Å². The zero-order chi connectivity index (χ0) is 18.8. The maximum absolute atomic E-state index is 13.0. The van der Waals surface area contributed by atoms with Crippen LogP contribution in [-0.4, -0.2) is 33.5 Å². The van der Waals surface area contributed by atoms with E-state index in [9.17, 15) is 19.8 Å². The van der Waals surface area contributed by atoms with E-state index in [0.29, 0.717) is 0 Å². The first-order valence-corrected chi connectivity index (χ1v) is 8.30. The van der Waals surface area contributed by atoms with E-state index < -0.39 is 17.7 Å². The Balaban J connectivity index is 2.00. The maximum atomic E-state index is 13.0. The van der Waals surface area contributed by atoms with Crippen molar-refractivity contribution in [1.29, 1.82) is 0 Å². The summed E-state index contributed by atoms with van der Waals surface area (Å²) in [5.41, 5.74) is 1.50. The molecular weight excluding hydrogens is 356 g/mol. The lowest BCUT2D eigenvalue weighted by atomic mass is 10.0. The van der Waals surface area contributed by atoms with Gasteiger partial charge in [-0.3, -0.25) is 9.59 Å². The van der Waals surface area contributed by atoms with Gasteiger partial charge in [0.1, 0.15) is 17.5 Å². The lowest BCUT2D eigenvalue weighted by molar-refractivity contribution is -0.125. The van der Waals surface area contributed by atoms with E-state index in [4.69, 9.17) is 11.6 Å². The molecule has 0 aromatic heterocycles. The van der Waals surface area contributed by atoms with E-state index in [1.54, 1.807) is 18.2 Å². The van der Waals surface area contributed by atoms with Crippen molar-refractivity contribution in [3.8, 4) is 11.5 Å². The molecular formula is C19H17ClN2O4. The molecule has 0 radical (unpaired) electrons. The van der Waals surface area contributed by atoms with Crippen LogP contribution in [0.3, 0.4) is 0 Å². The summed E-state index contributed by atoms with van der Waals surface area (Å²) in [6.45, 7) is 4.06. The average Bonchev–Trinajstić information content (AvgIpc) is 3.01. The maximum Gasteiger partial charge on any atom is 0.258 e. The highest BCUT2D eigenvalue weighted by Gasteiger charge is 2.39. The van der Waals surface area contributed by atoms with Gasteiger partial charge in [0.2, 0.25) is 5.91 Å². The van der Waals surface area contributed by atoms with Crippen molar-refractivity contribution in [3.05, 3.63) is 70.8 Å². The van der Waals surface area contributed by atoms with Gasteiger partial charge >= 0.3 is 0 Å². The molecule has 0 saturated carbocycles. The van der Waals surface area contributed by atoms with Gasteiger partial charge in [-0.1, -0.05) is 41.9 Å². The Morgan fingerprint density at radius 1 is 1.27 bits per heavy atom. The summed E-state index contributed by atoms with van der Waals surface area (Å²) in [7, 11) is 0. The number of carbonyl (C=O) groups is 2. The second-order valence-electron chi connectivity index (χ2n) is 5.89. The fourth-order valence-corrected chi connectivity index (χ4v) is 3.17. The van der Waals surface area contributed by atoms with Gasteiger partial charge in [0, 0.05) is 19.2 Å². The lowest BCUT2D eigenvalue weighted by Gasteiger charge is -2.25. The van der Waals surface area contributed by atoms with E-state index in [2.05, 4.69) is 11.9 Å². The SMILES string of the molecule is C=CCNC(=O)[C@@H]1c2ccccc2CN1C(=O)c1cc(Cl)c(O)cc1O. The van der Waals surface area contributed by atoms with Crippen LogP contribution in [0.2, 0.25) is 5.02 Å². The van der Waals surface area contributed by atoms with Gasteiger partial charge in [0.15, 0.2) is 0 Å². The van der Waals surface area contributed by atoms with Crippen molar-refractivity contribution in [2.75, 3.05) is 6.54 Å². The number of hydrogen-bond donors (Lipinski definition) is 3. The van der Waals surface area contributed by atoms with Gasteiger partial charge in [0.25, 0.3) is 5.91 Å². The first-order valence-electron chi connectivity index (χ1n) is 7.93. The third-order valence-electron chi connectivity index (χ3n) is 4.23. The Morgan fingerprint density at radius 3 is 2.73 bits per heavy atom. The Hall–Kier alpha value is -2.99. The fourth-order valence-electron chi connectivity index (χ4n) is 3.01. The molecule has 1 atom stereocenters. The average molecular weight is 373 g/mol. The number of aromatic hydroxyl groups is 2. The molecule has 6 nitrogen and oxygen atoms in total. The monoisotopic (exact) mass is 372 g/mol. The van der Waals surface area contributed by atoms with Gasteiger partial charge in [-0.15, -0.1) is 6.58 Å². The summed E-state index contributed by atoms with van der Waals surface area (Å²) < 4.78 is 0. The molecule has 2 amide bonds. The normalized spacial score (nSPS) is 15.4. The highest BCUT2D eigenvalue weighted by atomic mass is 35.5. The number of phenols is 2. The van der Waals surface area contributed by atoms with E-state index in [0.717, 1.165) is 17.2 Å². The van der Waals surface area contributed by atoms with Crippen molar-refractivity contribution in [2.24, 2.45) is 0 Å². The zero-order valence-corrected chi connectivity index (χ0v) is 14.5. The van der Waals surface area contributed by atoms with E-state index in [-0.39, 0.29) is 35.3 Å². The Labute approximate surface area is 155 Å². The molecule has 0 aliphatic carbocycles. The third-order valence-corrected chi connectivity index (χ3v) is 4.53. The number of halogens is 1. The zero-order valence-electron chi connectivity index (χ0n) is 13.8. The minimum absolute atomic E-state index is 0.0597. The number of hydrogen-bond acceptors (Lipinski definition) is 4. The van der Waals surface area contributed by atoms with Crippen LogP contribution in [0, 0.1) is 0 Å². The predicted molar refractivity (Wildman–Crippen MR) is 97.0 cm³/mol. The first-order chi connectivity index (χ1) is 12.4. The summed E-state index contributed by atoms with van der Waals surface area (Å²) in [6.07, 6.45) is 1.55. The van der Waals surface area contributed by atoms with Gasteiger partial charge in [-0.25, -0.2) is 0 Å². The molecule has 2 aromatic carbocycles. The second kappa shape index (κ2) is 7.09. The van der Waals surface area contributed by atoms with Crippen molar-refractivity contribution in [3.63, 3.8) is 0 Å². The Kier molecular flexibility index (Phi) is 4.86. The molecule has 134 valence electrons. The molecule has 0 unspecified atom stereocenters. The van der Waals surface area contributed by atoms with Crippen molar-refractivity contribution in [2.45, 2.75) is 12.6 Å². The largest absolute Gasteiger partial charge is 0.507 e. The number of nitrogens with zero attached hydrogens (tertiary/aromatic N) is 1. The molecule has 3 N–H and O–H groups in total. The number of rotatable bonds is 4. The molecule has 1 aliphatic rings. The standard InChI is InChI=1S/C19H17ClN2O4/c1-2-7-21-18(25)17-12-6-4-3-5-11(12)10-22(17)19(26)13-8-14(20)16(24)9-15(13)23/h2-6,8-9,17,23-24H,1,7,10H2,(H,21,25)/t17-/m0/s1. The van der Waals surface area contributed by atoms with Crippen LogP contribution in [-0.2, 0) is 11.3 Å². The third kappa shape index (κ3) is 3.11. The van der Waals surface area contributed by atoms with Crippen LogP contribution in [0.1, 0.15) is 27.5 Å². The lowest BCUT2D eigenvalue weighted by Crippen LogP contribution is -2.40. The fraction of sp³-hybridized carbons (Fsp3) is 0.158. The molecule has 0 bridgehead atoms. The molecule has 0 fully saturated rings. The summed E-state index contributed by atoms with van der Waals surface area (Å²) >= 11 is 5.87. The molecule has 1 heterocycles. The van der Waals surface area contributed by atoms with Crippen LogP contribution in [0.25, 0.3) is 0 Å². The molecule has 2 aromatic rings. The smallest absolute Gasteiger partial charge is 0.258 e. The first kappa shape index (κ1) is 17.8. The molecule has 3 rings (SSSR count). The number of phenolic OH excluding ortho intramolecular Hbond substituents is 2. The number of amides is 2. The van der Waals surface area contributed by atoms with Crippen LogP contribution >= 0.6 is 11.6 Å².